The first kappa shape index (κ1) is 29.2. The zero-order valence-electron chi connectivity index (χ0n) is 27.0. The van der Waals surface area contributed by atoms with E-state index in [-0.39, 0.29) is 0 Å². The Bertz CT molecular complexity index is 1840. The first-order chi connectivity index (χ1) is 19.6. The van der Waals surface area contributed by atoms with E-state index in [1.165, 1.54) is 66.8 Å². The van der Waals surface area contributed by atoms with Crippen LogP contribution in [-0.4, -0.2) is 4.26 Å². The van der Waals surface area contributed by atoms with Gasteiger partial charge in [0.05, 0.1) is 0 Å². The molecule has 1 heteroatoms. The quantitative estimate of drug-likeness (QED) is 0.174. The van der Waals surface area contributed by atoms with Gasteiger partial charge in [-0.3, -0.25) is 0 Å². The number of benzene rings is 4. The second-order valence-corrected chi connectivity index (χ2v) is 70.7. The molecule has 0 spiro atoms. The Morgan fingerprint density at radius 2 is 0.952 bits per heavy atom. The van der Waals surface area contributed by atoms with E-state index in [9.17, 15) is 0 Å². The molecule has 2 unspecified atom stereocenters. The van der Waals surface area contributed by atoms with Gasteiger partial charge in [-0.05, 0) is 0 Å². The normalized spacial score (nSPS) is 20.0. The van der Waals surface area contributed by atoms with Gasteiger partial charge in [0.15, 0.2) is 0 Å². The fourth-order valence-electron chi connectivity index (χ4n) is 9.46. The zero-order valence-corrected chi connectivity index (χ0v) is 30.6. The molecule has 0 fully saturated rings. The molecule has 42 heavy (non-hydrogen) atoms. The Morgan fingerprint density at radius 3 is 1.36 bits per heavy atom. The molecule has 0 bridgehead atoms. The van der Waals surface area contributed by atoms with Crippen molar-refractivity contribution in [3.63, 3.8) is 0 Å². The maximum absolute atomic E-state index is 5.68. The van der Waals surface area contributed by atoms with E-state index in [1.54, 1.807) is 0 Å². The van der Waals surface area contributed by atoms with Crippen molar-refractivity contribution in [2.75, 3.05) is 0 Å². The third-order valence-electron chi connectivity index (χ3n) is 12.2. The van der Waals surface area contributed by atoms with Gasteiger partial charge in [0, 0.05) is 0 Å². The van der Waals surface area contributed by atoms with Crippen molar-refractivity contribution >= 4 is 16.4 Å². The molecular formula is C41H48Hf. The third kappa shape index (κ3) is 3.99. The Labute approximate surface area is 248 Å². The molecule has 0 saturated carbocycles. The number of fused-ring (bicyclic) bond motifs is 2. The van der Waals surface area contributed by atoms with E-state index in [2.05, 4.69) is 146 Å². The van der Waals surface area contributed by atoms with E-state index in [1.807, 2.05) is 0 Å². The fraction of sp³-hybridized carbons (Fsp3) is 0.293. The van der Waals surface area contributed by atoms with Crippen LogP contribution in [0.1, 0.15) is 65.2 Å². The van der Waals surface area contributed by atoms with Crippen molar-refractivity contribution in [2.45, 2.75) is 66.6 Å². The van der Waals surface area contributed by atoms with Crippen molar-refractivity contribution in [2.24, 2.45) is 0 Å². The van der Waals surface area contributed by atoms with Crippen molar-refractivity contribution in [3.05, 3.63) is 129 Å². The van der Waals surface area contributed by atoms with Gasteiger partial charge in [-0.15, -0.1) is 0 Å². The van der Waals surface area contributed by atoms with Gasteiger partial charge in [-0.25, -0.2) is 0 Å². The number of rotatable bonds is 6. The topological polar surface area (TPSA) is 0 Å². The molecule has 0 radical (unpaired) electrons. The first-order valence-corrected chi connectivity index (χ1v) is 36.0. The van der Waals surface area contributed by atoms with Gasteiger partial charge in [0.2, 0.25) is 0 Å². The SMILES string of the molecule is [CH2]=[Hf]([CH3])([CH3])([CH3])([CH2]CC)([CH]1C=Cc2c(-c3cccc(C)c3C)cccc21)[CH]1C=Cc2c(-c3cccc(C)c3C)cccc21. The average Bonchev–Trinajstić information content (AvgIpc) is 3.59. The number of hydrogen-bond acceptors (Lipinski definition) is 0. The summed E-state index contributed by atoms with van der Waals surface area (Å²) in [5, 5.41) is 0. The number of aryl methyl sites for hydroxylation is 2. The summed E-state index contributed by atoms with van der Waals surface area (Å²) < 4.78 is 15.5. The number of hydrogen-bond donors (Lipinski definition) is 0. The Hall–Kier alpha value is -2.90. The zero-order chi connectivity index (χ0) is 30.2. The molecule has 6 rings (SSSR count). The van der Waals surface area contributed by atoms with Crippen LogP contribution in [0, 0.1) is 27.7 Å². The molecule has 216 valence electrons. The van der Waals surface area contributed by atoms with Gasteiger partial charge in [0.25, 0.3) is 0 Å². The van der Waals surface area contributed by atoms with Crippen molar-refractivity contribution in [1.29, 1.82) is 0 Å². The van der Waals surface area contributed by atoms with Crippen molar-refractivity contribution < 1.29 is 15.1 Å². The van der Waals surface area contributed by atoms with Crippen LogP contribution in [-0.2, 0) is 15.1 Å². The van der Waals surface area contributed by atoms with Gasteiger partial charge in [-0.2, -0.15) is 0 Å². The fourth-order valence-corrected chi connectivity index (χ4v) is 42.4. The second-order valence-electron chi connectivity index (χ2n) is 17.1. The molecule has 4 aromatic rings. The molecule has 0 saturated heterocycles. The predicted octanol–water partition coefficient (Wildman–Crippen LogP) is 12.3. The molecule has 4 aromatic carbocycles. The standard InChI is InChI=1S/2C17H15.C3H7.3CH3.CH2.Hf/c2*1-12-6-3-9-15(13(12)2)17-11-5-8-14-7-4-10-16(14)17;1-3-2;;;;;/h2*3-11H,1-2H3;1,3H2,2H3;3*1H3;1H2;. The minimum absolute atomic E-state index is 0.305. The summed E-state index contributed by atoms with van der Waals surface area (Å²) in [6, 6.07) is 27.5. The van der Waals surface area contributed by atoms with E-state index in [0.29, 0.717) is 7.35 Å². The Morgan fingerprint density at radius 1 is 0.571 bits per heavy atom. The van der Waals surface area contributed by atoms with E-state index < -0.39 is 15.1 Å². The molecule has 0 aliphatic heterocycles. The molecule has 0 nitrogen and oxygen atoms in total. The summed E-state index contributed by atoms with van der Waals surface area (Å²) in [5.41, 5.74) is 16.6. The van der Waals surface area contributed by atoms with Gasteiger partial charge in [0.1, 0.15) is 0 Å². The molecule has 0 N–H and O–H groups in total. The summed E-state index contributed by atoms with van der Waals surface area (Å²) in [4.78, 5) is 0. The molecule has 2 aliphatic rings. The summed E-state index contributed by atoms with van der Waals surface area (Å²) >= 11 is -5.15. The monoisotopic (exact) mass is 720 g/mol. The van der Waals surface area contributed by atoms with Crippen molar-refractivity contribution in [1.82, 2.24) is 0 Å². The van der Waals surface area contributed by atoms with Crippen LogP contribution in [0.3, 0.4) is 0 Å². The summed E-state index contributed by atoms with van der Waals surface area (Å²) in [6.45, 7) is 11.3. The molecule has 0 aromatic heterocycles. The minimum atomic E-state index is -5.15. The Kier molecular flexibility index (Phi) is 5.97. The third-order valence-corrected chi connectivity index (χ3v) is 48.7. The second kappa shape index (κ2) is 8.60. The van der Waals surface area contributed by atoms with E-state index in [4.69, 9.17) is 4.26 Å². The predicted molar refractivity (Wildman–Crippen MR) is 186 cm³/mol. The summed E-state index contributed by atoms with van der Waals surface area (Å²) in [6.07, 6.45) is 11.1. The van der Waals surface area contributed by atoms with Crippen LogP contribution in [0.4, 0.5) is 0 Å². The van der Waals surface area contributed by atoms with Crippen LogP contribution < -0.4 is 0 Å². The number of allylic oxidation sites excluding steroid dienone is 2. The molecule has 2 atom stereocenters. The van der Waals surface area contributed by atoms with Crippen LogP contribution in [0.5, 0.6) is 0 Å². The van der Waals surface area contributed by atoms with Crippen LogP contribution >= 0.6 is 0 Å². The first-order valence-electron chi connectivity index (χ1n) is 16.0. The van der Waals surface area contributed by atoms with Crippen molar-refractivity contribution in [3.8, 4) is 22.3 Å². The van der Waals surface area contributed by atoms with Crippen LogP contribution in [0.15, 0.2) is 84.9 Å². The molecule has 0 heterocycles. The maximum atomic E-state index is 5.68. The average molecular weight is 719 g/mol. The molecular weight excluding hydrogens is 671 g/mol. The van der Waals surface area contributed by atoms with Crippen LogP contribution in [0.2, 0.25) is 18.2 Å². The van der Waals surface area contributed by atoms with Gasteiger partial charge in [-0.1, -0.05) is 0 Å². The Balaban J connectivity index is 1.58. The van der Waals surface area contributed by atoms with E-state index in [0.717, 1.165) is 10.6 Å². The van der Waals surface area contributed by atoms with E-state index >= 15 is 0 Å². The summed E-state index contributed by atoms with van der Waals surface area (Å²) in [5.74, 6) is 0. The summed E-state index contributed by atoms with van der Waals surface area (Å²) in [7, 11) is 0. The van der Waals surface area contributed by atoms with Gasteiger partial charge < -0.3 is 0 Å². The van der Waals surface area contributed by atoms with Gasteiger partial charge >= 0.3 is 250 Å². The molecule has 0 amide bonds. The van der Waals surface area contributed by atoms with Crippen LogP contribution in [0.25, 0.3) is 34.4 Å². The molecule has 2 aliphatic carbocycles.